The van der Waals surface area contributed by atoms with Crippen molar-refractivity contribution in [2.24, 2.45) is 4.99 Å². The van der Waals surface area contributed by atoms with Crippen molar-refractivity contribution in [3.63, 3.8) is 0 Å². The number of nitrogens with zero attached hydrogens (tertiary/aromatic N) is 3. The highest BCUT2D eigenvalue weighted by Gasteiger charge is 2.15. The van der Waals surface area contributed by atoms with Gasteiger partial charge in [0.05, 0.1) is 5.69 Å². The van der Waals surface area contributed by atoms with Crippen LogP contribution in [0.15, 0.2) is 28.2 Å². The van der Waals surface area contributed by atoms with Crippen LogP contribution in [0.3, 0.4) is 0 Å². The SMILES string of the molecule is CCn1c(O)c(C=C2C=Nc3ccncc32)[nH]c1=O. The van der Waals surface area contributed by atoms with Gasteiger partial charge in [0.2, 0.25) is 5.88 Å². The molecule has 2 N–H and O–H groups in total. The number of rotatable bonds is 2. The minimum absolute atomic E-state index is 0.0641. The molecule has 0 spiro atoms. The average molecular weight is 256 g/mol. The highest BCUT2D eigenvalue weighted by molar-refractivity contribution is 6.21. The van der Waals surface area contributed by atoms with E-state index in [1.54, 1.807) is 31.6 Å². The number of aromatic hydroxyl groups is 1. The molecule has 0 atom stereocenters. The molecule has 0 radical (unpaired) electrons. The number of H-pyrrole nitrogens is 1. The van der Waals surface area contributed by atoms with E-state index in [1.165, 1.54) is 4.57 Å². The largest absolute Gasteiger partial charge is 0.493 e. The summed E-state index contributed by atoms with van der Waals surface area (Å²) in [5, 5.41) is 9.94. The summed E-state index contributed by atoms with van der Waals surface area (Å²) in [5.74, 6) is -0.0641. The van der Waals surface area contributed by atoms with E-state index >= 15 is 0 Å². The lowest BCUT2D eigenvalue weighted by Gasteiger charge is -1.99. The zero-order valence-electron chi connectivity index (χ0n) is 10.3. The molecule has 3 rings (SSSR count). The van der Waals surface area contributed by atoms with E-state index in [2.05, 4.69) is 15.0 Å². The molecule has 1 aliphatic rings. The fraction of sp³-hybridized carbons (Fsp3) is 0.154. The molecule has 96 valence electrons. The summed E-state index contributed by atoms with van der Waals surface area (Å²) in [6.07, 6.45) is 6.76. The van der Waals surface area contributed by atoms with Crippen LogP contribution in [0.1, 0.15) is 18.2 Å². The molecule has 6 heteroatoms. The highest BCUT2D eigenvalue weighted by Crippen LogP contribution is 2.32. The monoisotopic (exact) mass is 256 g/mol. The van der Waals surface area contributed by atoms with Crippen LogP contribution < -0.4 is 5.69 Å². The van der Waals surface area contributed by atoms with Gasteiger partial charge < -0.3 is 10.1 Å². The summed E-state index contributed by atoms with van der Waals surface area (Å²) in [6, 6.07) is 1.81. The molecule has 0 saturated heterocycles. The van der Waals surface area contributed by atoms with Gasteiger partial charge in [-0.3, -0.25) is 14.5 Å². The maximum Gasteiger partial charge on any atom is 0.328 e. The Bertz CT molecular complexity index is 752. The van der Waals surface area contributed by atoms with Crippen LogP contribution in [0.4, 0.5) is 5.69 Å². The summed E-state index contributed by atoms with van der Waals surface area (Å²) in [7, 11) is 0. The number of pyridine rings is 1. The fourth-order valence-electron chi connectivity index (χ4n) is 2.08. The van der Waals surface area contributed by atoms with E-state index < -0.39 is 0 Å². The summed E-state index contributed by atoms with van der Waals surface area (Å²) < 4.78 is 1.27. The normalized spacial score (nSPS) is 15.1. The molecule has 0 saturated carbocycles. The van der Waals surface area contributed by atoms with Gasteiger partial charge in [-0.15, -0.1) is 0 Å². The molecule has 0 aromatic carbocycles. The van der Waals surface area contributed by atoms with E-state index in [0.29, 0.717) is 12.2 Å². The molecular weight excluding hydrogens is 244 g/mol. The number of hydrogen-bond donors (Lipinski definition) is 2. The average Bonchev–Trinajstić information content (AvgIpc) is 2.93. The number of nitrogens with one attached hydrogen (secondary N) is 1. The molecular formula is C13H12N4O2. The summed E-state index contributed by atoms with van der Waals surface area (Å²) in [6.45, 7) is 2.21. The first-order valence-corrected chi connectivity index (χ1v) is 5.92. The number of aromatic nitrogens is 3. The minimum atomic E-state index is -0.326. The van der Waals surface area contributed by atoms with E-state index in [-0.39, 0.29) is 11.6 Å². The van der Waals surface area contributed by atoms with E-state index in [1.807, 2.05) is 6.07 Å². The lowest BCUT2D eigenvalue weighted by Crippen LogP contribution is -2.14. The van der Waals surface area contributed by atoms with Crippen LogP contribution in [0, 0.1) is 0 Å². The van der Waals surface area contributed by atoms with Crippen LogP contribution in [-0.4, -0.2) is 25.9 Å². The summed E-state index contributed by atoms with van der Waals surface area (Å²) in [5.41, 5.74) is 2.58. The third-order valence-electron chi connectivity index (χ3n) is 3.05. The maximum atomic E-state index is 11.6. The first kappa shape index (κ1) is 11.5. The van der Waals surface area contributed by atoms with Gasteiger partial charge in [-0.1, -0.05) is 0 Å². The molecule has 0 amide bonds. The zero-order chi connectivity index (χ0) is 13.4. The predicted octanol–water partition coefficient (Wildman–Crippen LogP) is 1.55. The van der Waals surface area contributed by atoms with E-state index in [9.17, 15) is 9.90 Å². The van der Waals surface area contributed by atoms with Gasteiger partial charge in [-0.2, -0.15) is 0 Å². The molecule has 0 aliphatic carbocycles. The maximum absolute atomic E-state index is 11.6. The second-order valence-electron chi connectivity index (χ2n) is 4.16. The molecule has 0 unspecified atom stereocenters. The Morgan fingerprint density at radius 2 is 2.37 bits per heavy atom. The van der Waals surface area contributed by atoms with Gasteiger partial charge in [-0.05, 0) is 19.1 Å². The zero-order valence-corrected chi connectivity index (χ0v) is 10.3. The van der Waals surface area contributed by atoms with Crippen molar-refractivity contribution in [2.75, 3.05) is 0 Å². The molecule has 0 bridgehead atoms. The first-order chi connectivity index (χ1) is 9.20. The van der Waals surface area contributed by atoms with Crippen molar-refractivity contribution in [1.29, 1.82) is 0 Å². The Morgan fingerprint density at radius 1 is 1.53 bits per heavy atom. The fourth-order valence-corrected chi connectivity index (χ4v) is 2.08. The number of imidazole rings is 1. The summed E-state index contributed by atoms with van der Waals surface area (Å²) >= 11 is 0. The molecule has 1 aliphatic heterocycles. The van der Waals surface area contributed by atoms with Gasteiger partial charge in [0, 0.05) is 36.3 Å². The third kappa shape index (κ3) is 1.77. The van der Waals surface area contributed by atoms with Gasteiger partial charge in [-0.25, -0.2) is 4.79 Å². The van der Waals surface area contributed by atoms with Crippen molar-refractivity contribution in [1.82, 2.24) is 14.5 Å². The van der Waals surface area contributed by atoms with E-state index in [4.69, 9.17) is 0 Å². The standard InChI is InChI=1S/C13H12N4O2/c1-2-17-12(18)11(16-13(17)19)5-8-6-15-10-3-4-14-7-9(8)10/h3-7,18H,2H2,1H3,(H,16,19). The van der Waals surface area contributed by atoms with Crippen LogP contribution in [0.2, 0.25) is 0 Å². The lowest BCUT2D eigenvalue weighted by atomic mass is 10.1. The Labute approximate surface area is 108 Å². The van der Waals surface area contributed by atoms with Crippen molar-refractivity contribution in [2.45, 2.75) is 13.5 Å². The van der Waals surface area contributed by atoms with Crippen molar-refractivity contribution in [3.8, 4) is 5.88 Å². The van der Waals surface area contributed by atoms with E-state index in [0.717, 1.165) is 16.8 Å². The number of fused-ring (bicyclic) bond motifs is 1. The number of aliphatic imine (C=N–C) groups is 1. The molecule has 0 fully saturated rings. The van der Waals surface area contributed by atoms with Crippen LogP contribution in [-0.2, 0) is 6.54 Å². The smallest absolute Gasteiger partial charge is 0.328 e. The molecule has 6 nitrogen and oxygen atoms in total. The highest BCUT2D eigenvalue weighted by atomic mass is 16.3. The first-order valence-electron chi connectivity index (χ1n) is 5.92. The number of allylic oxidation sites excluding steroid dienone is 1. The van der Waals surface area contributed by atoms with Crippen molar-refractivity contribution < 1.29 is 5.11 Å². The second kappa shape index (κ2) is 4.24. The Morgan fingerprint density at radius 3 is 3.11 bits per heavy atom. The number of aromatic amines is 1. The predicted molar refractivity (Wildman–Crippen MR) is 72.7 cm³/mol. The second-order valence-corrected chi connectivity index (χ2v) is 4.16. The van der Waals surface area contributed by atoms with Crippen molar-refractivity contribution >= 4 is 23.6 Å². The molecule has 2 aromatic rings. The lowest BCUT2D eigenvalue weighted by molar-refractivity contribution is 0.417. The van der Waals surface area contributed by atoms with Crippen LogP contribution in [0.5, 0.6) is 5.88 Å². The molecule has 2 aromatic heterocycles. The molecule has 19 heavy (non-hydrogen) atoms. The number of hydrogen-bond acceptors (Lipinski definition) is 4. The Balaban J connectivity index is 2.10. The quantitative estimate of drug-likeness (QED) is 0.855. The van der Waals surface area contributed by atoms with Crippen molar-refractivity contribution in [3.05, 3.63) is 40.2 Å². The van der Waals surface area contributed by atoms with Gasteiger partial charge >= 0.3 is 5.69 Å². The third-order valence-corrected chi connectivity index (χ3v) is 3.05. The minimum Gasteiger partial charge on any atom is -0.493 e. The van der Waals surface area contributed by atoms with Gasteiger partial charge in [0.1, 0.15) is 5.69 Å². The van der Waals surface area contributed by atoms with Crippen LogP contribution >= 0.6 is 0 Å². The van der Waals surface area contributed by atoms with Gasteiger partial charge in [0.25, 0.3) is 0 Å². The molecule has 3 heterocycles. The topological polar surface area (TPSA) is 83.3 Å². The summed E-state index contributed by atoms with van der Waals surface area (Å²) in [4.78, 5) is 22.5. The Kier molecular flexibility index (Phi) is 2.56. The van der Waals surface area contributed by atoms with Gasteiger partial charge in [0.15, 0.2) is 0 Å². The van der Waals surface area contributed by atoms with Crippen LogP contribution in [0.25, 0.3) is 11.6 Å². The Hall–Kier alpha value is -2.63.